The highest BCUT2D eigenvalue weighted by Crippen LogP contribution is 2.68. The summed E-state index contributed by atoms with van der Waals surface area (Å²) in [5.41, 5.74) is 28.3. The highest BCUT2D eigenvalue weighted by atomic mass is 15.2. The molecule has 61 heavy (non-hydrogen) atoms. The third-order valence-electron chi connectivity index (χ3n) is 15.5. The van der Waals surface area contributed by atoms with Gasteiger partial charge in [-0.2, -0.15) is 0 Å². The second-order valence-corrected chi connectivity index (χ2v) is 18.4. The SMILES string of the molecule is CC1(C)c2ccccc2-c2c(-c3ccccc3N3c4cc5c(cc4C4(C)c6ccccc6-c6cccc3c64)C3(c4ccccc4-c4ccccc43)c3ccccc3-5)cccc21. The first-order valence-corrected chi connectivity index (χ1v) is 21.8. The monoisotopic (exact) mass is 775 g/mol. The largest absolute Gasteiger partial charge is 0.309 e. The molecule has 4 aliphatic carbocycles. The fraction of sp³-hybridized carbons (Fsp3) is 0.100. The molecule has 0 bridgehead atoms. The average molecular weight is 776 g/mol. The van der Waals surface area contributed by atoms with Gasteiger partial charge < -0.3 is 4.90 Å². The molecule has 0 saturated heterocycles. The van der Waals surface area contributed by atoms with Gasteiger partial charge in [0.15, 0.2) is 0 Å². The topological polar surface area (TPSA) is 3.24 Å². The normalized spacial score (nSPS) is 17.7. The molecule has 0 radical (unpaired) electrons. The Morgan fingerprint density at radius 2 is 0.754 bits per heavy atom. The Labute approximate surface area is 357 Å². The number of hydrogen-bond acceptors (Lipinski definition) is 1. The van der Waals surface area contributed by atoms with Gasteiger partial charge in [0.1, 0.15) is 0 Å². The van der Waals surface area contributed by atoms with Crippen LogP contribution in [0.5, 0.6) is 0 Å². The molecule has 0 fully saturated rings. The summed E-state index contributed by atoms with van der Waals surface area (Å²) in [6, 6.07) is 74.2. The van der Waals surface area contributed by atoms with Crippen molar-refractivity contribution >= 4 is 17.1 Å². The van der Waals surface area contributed by atoms with Crippen molar-refractivity contribution in [3.63, 3.8) is 0 Å². The van der Waals surface area contributed by atoms with Crippen molar-refractivity contribution < 1.29 is 0 Å². The van der Waals surface area contributed by atoms with Crippen molar-refractivity contribution in [1.29, 1.82) is 0 Å². The minimum Gasteiger partial charge on any atom is -0.309 e. The summed E-state index contributed by atoms with van der Waals surface area (Å²) >= 11 is 0. The Kier molecular flexibility index (Phi) is 6.24. The van der Waals surface area contributed by atoms with Crippen molar-refractivity contribution in [2.45, 2.75) is 37.0 Å². The van der Waals surface area contributed by atoms with Crippen molar-refractivity contribution in [2.24, 2.45) is 0 Å². The third-order valence-corrected chi connectivity index (χ3v) is 15.5. The van der Waals surface area contributed by atoms with Crippen LogP contribution in [0.15, 0.2) is 194 Å². The summed E-state index contributed by atoms with van der Waals surface area (Å²) in [5.74, 6) is 0. The second-order valence-electron chi connectivity index (χ2n) is 18.4. The fourth-order valence-electron chi connectivity index (χ4n) is 13.0. The van der Waals surface area contributed by atoms with Gasteiger partial charge in [0, 0.05) is 16.4 Å². The first kappa shape index (κ1) is 33.6. The quantitative estimate of drug-likeness (QED) is 0.169. The molecule has 9 aromatic rings. The van der Waals surface area contributed by atoms with E-state index in [9.17, 15) is 0 Å². The van der Waals surface area contributed by atoms with Crippen LogP contribution in [0.3, 0.4) is 0 Å². The van der Waals surface area contributed by atoms with Gasteiger partial charge >= 0.3 is 0 Å². The van der Waals surface area contributed by atoms with E-state index in [1.165, 1.54) is 123 Å². The predicted octanol–water partition coefficient (Wildman–Crippen LogP) is 15.1. The summed E-state index contributed by atoms with van der Waals surface area (Å²) in [6.45, 7) is 7.27. The summed E-state index contributed by atoms with van der Waals surface area (Å²) in [5, 5.41) is 0. The van der Waals surface area contributed by atoms with Gasteiger partial charge in [0.05, 0.1) is 22.5 Å². The van der Waals surface area contributed by atoms with E-state index in [1.54, 1.807) is 0 Å². The molecular formula is C60H41N. The van der Waals surface area contributed by atoms with Crippen molar-refractivity contribution in [2.75, 3.05) is 4.90 Å². The molecule has 0 N–H and O–H groups in total. The van der Waals surface area contributed by atoms with Gasteiger partial charge in [0.2, 0.25) is 0 Å². The molecule has 0 saturated carbocycles. The van der Waals surface area contributed by atoms with Crippen LogP contribution in [0.4, 0.5) is 17.1 Å². The zero-order valence-corrected chi connectivity index (χ0v) is 34.4. The van der Waals surface area contributed by atoms with E-state index >= 15 is 0 Å². The Hall–Kier alpha value is -7.22. The van der Waals surface area contributed by atoms with Crippen LogP contribution in [-0.2, 0) is 16.2 Å². The first-order chi connectivity index (χ1) is 29.9. The lowest BCUT2D eigenvalue weighted by Crippen LogP contribution is -2.33. The minimum atomic E-state index is -0.435. The summed E-state index contributed by atoms with van der Waals surface area (Å²) < 4.78 is 0. The molecule has 286 valence electrons. The van der Waals surface area contributed by atoms with Crippen LogP contribution in [0.2, 0.25) is 0 Å². The molecule has 1 unspecified atom stereocenters. The van der Waals surface area contributed by atoms with Crippen LogP contribution in [0.25, 0.3) is 55.6 Å². The molecule has 1 nitrogen and oxygen atoms in total. The number of benzene rings is 9. The van der Waals surface area contributed by atoms with Gasteiger partial charge in [-0.05, 0) is 125 Å². The fourth-order valence-corrected chi connectivity index (χ4v) is 13.0. The van der Waals surface area contributed by atoms with E-state index in [0.717, 1.165) is 0 Å². The molecule has 0 aromatic heterocycles. The Balaban J connectivity index is 1.11. The zero-order valence-electron chi connectivity index (χ0n) is 34.4. The highest BCUT2D eigenvalue weighted by Gasteiger charge is 2.55. The van der Waals surface area contributed by atoms with E-state index < -0.39 is 5.41 Å². The average Bonchev–Trinajstić information content (AvgIpc) is 3.95. The van der Waals surface area contributed by atoms with E-state index in [-0.39, 0.29) is 10.8 Å². The first-order valence-electron chi connectivity index (χ1n) is 21.8. The molecule has 14 rings (SSSR count). The number of rotatable bonds is 2. The zero-order chi connectivity index (χ0) is 40.4. The van der Waals surface area contributed by atoms with Crippen LogP contribution in [-0.4, -0.2) is 0 Å². The Bertz CT molecular complexity index is 3390. The molecule has 1 spiro atoms. The smallest absolute Gasteiger partial charge is 0.0725 e. The summed E-state index contributed by atoms with van der Waals surface area (Å²) in [4.78, 5) is 2.63. The number of fused-ring (bicyclic) bond motifs is 18. The van der Waals surface area contributed by atoms with Crippen molar-refractivity contribution in [3.05, 3.63) is 244 Å². The molecule has 5 aliphatic rings. The molecule has 1 heteroatoms. The molecule has 1 heterocycles. The predicted molar refractivity (Wildman–Crippen MR) is 251 cm³/mol. The van der Waals surface area contributed by atoms with E-state index in [1.807, 2.05) is 0 Å². The molecule has 1 atom stereocenters. The van der Waals surface area contributed by atoms with E-state index in [2.05, 4.69) is 220 Å². The lowest BCUT2D eigenvalue weighted by Gasteiger charge is -2.44. The third kappa shape index (κ3) is 3.82. The van der Waals surface area contributed by atoms with E-state index in [0.29, 0.717) is 0 Å². The molecule has 0 amide bonds. The minimum absolute atomic E-state index is 0.0934. The van der Waals surface area contributed by atoms with Gasteiger partial charge in [-0.1, -0.05) is 190 Å². The lowest BCUT2D eigenvalue weighted by molar-refractivity contribution is 0.660. The summed E-state index contributed by atoms with van der Waals surface area (Å²) in [6.07, 6.45) is 0. The van der Waals surface area contributed by atoms with Gasteiger partial charge in [-0.25, -0.2) is 0 Å². The maximum absolute atomic E-state index is 2.65. The second kappa shape index (κ2) is 11.3. The number of para-hydroxylation sites is 1. The van der Waals surface area contributed by atoms with Crippen molar-refractivity contribution in [3.8, 4) is 55.6 Å². The van der Waals surface area contributed by atoms with Crippen molar-refractivity contribution in [1.82, 2.24) is 0 Å². The van der Waals surface area contributed by atoms with Gasteiger partial charge in [-0.3, -0.25) is 0 Å². The standard InChI is InChI=1S/C60H41N/c1-58(2)45-26-10-8-23-43(45)56-41(24-16-31-50(56)58)40-22-9-15-32-53(40)61-54-33-17-25-42-38-20-4-11-27-46(38)59(3,57(42)54)52-35-51-44(34-55(52)61)39-21-7-14-30-49(39)60(51)47-28-12-5-18-36(47)37-19-6-13-29-48(37)60/h4-35H,1-3H3. The lowest BCUT2D eigenvalue weighted by atomic mass is 9.66. The number of anilines is 3. The molecule has 1 aliphatic heterocycles. The summed E-state index contributed by atoms with van der Waals surface area (Å²) in [7, 11) is 0. The van der Waals surface area contributed by atoms with Crippen LogP contribution in [0, 0.1) is 0 Å². The van der Waals surface area contributed by atoms with Crippen LogP contribution >= 0.6 is 0 Å². The Morgan fingerprint density at radius 1 is 0.295 bits per heavy atom. The molecular weight excluding hydrogens is 735 g/mol. The number of hydrogen-bond donors (Lipinski definition) is 0. The maximum Gasteiger partial charge on any atom is 0.0725 e. The van der Waals surface area contributed by atoms with Gasteiger partial charge in [-0.15, -0.1) is 0 Å². The van der Waals surface area contributed by atoms with Crippen LogP contribution < -0.4 is 4.90 Å². The van der Waals surface area contributed by atoms with Crippen LogP contribution in [0.1, 0.15) is 70.8 Å². The van der Waals surface area contributed by atoms with E-state index in [4.69, 9.17) is 0 Å². The maximum atomic E-state index is 2.65. The molecule has 9 aromatic carbocycles. The van der Waals surface area contributed by atoms with Gasteiger partial charge in [0.25, 0.3) is 0 Å². The Morgan fingerprint density at radius 3 is 1.43 bits per heavy atom. The highest BCUT2D eigenvalue weighted by molar-refractivity contribution is 6.05. The number of nitrogens with zero attached hydrogens (tertiary/aromatic N) is 1.